The highest BCUT2D eigenvalue weighted by atomic mass is 16.3. The zero-order valence-electron chi connectivity index (χ0n) is 13.4. The second-order valence-electron chi connectivity index (χ2n) is 6.26. The van der Waals surface area contributed by atoms with Crippen LogP contribution in [0.15, 0.2) is 18.5 Å². The van der Waals surface area contributed by atoms with E-state index in [1.807, 2.05) is 17.1 Å². The van der Waals surface area contributed by atoms with Crippen molar-refractivity contribution >= 4 is 11.0 Å². The molecule has 5 heteroatoms. The molecule has 0 aliphatic heterocycles. The average Bonchev–Trinajstić information content (AvgIpc) is 2.88. The maximum absolute atomic E-state index is 9.54. The van der Waals surface area contributed by atoms with E-state index in [4.69, 9.17) is 0 Å². The Bertz CT molecular complexity index is 593. The van der Waals surface area contributed by atoms with Gasteiger partial charge in [-0.1, -0.05) is 13.3 Å². The van der Waals surface area contributed by atoms with E-state index in [1.54, 1.807) is 0 Å². The molecule has 0 amide bonds. The molecule has 2 N–H and O–H groups in total. The van der Waals surface area contributed by atoms with Gasteiger partial charge in [0.1, 0.15) is 0 Å². The van der Waals surface area contributed by atoms with Crippen LogP contribution in [0.25, 0.3) is 11.0 Å². The number of nitrogens with zero attached hydrogens (tertiary/aromatic N) is 3. The Morgan fingerprint density at radius 1 is 1.38 bits per heavy atom. The molecule has 0 saturated carbocycles. The fraction of sp³-hybridized carbons (Fsp3) is 0.625. The number of aromatic nitrogens is 3. The average molecular weight is 290 g/mol. The van der Waals surface area contributed by atoms with Crippen molar-refractivity contribution in [3.05, 3.63) is 24.0 Å². The number of fused-ring (bicyclic) bond motifs is 1. The minimum atomic E-state index is -0.230. The lowest BCUT2D eigenvalue weighted by Gasteiger charge is -2.28. The van der Waals surface area contributed by atoms with Crippen molar-refractivity contribution in [1.29, 1.82) is 0 Å². The highest BCUT2D eigenvalue weighted by Crippen LogP contribution is 2.18. The van der Waals surface area contributed by atoms with Crippen LogP contribution in [0.4, 0.5) is 0 Å². The molecule has 5 nitrogen and oxygen atoms in total. The molecule has 0 aliphatic carbocycles. The molecular weight excluding hydrogens is 264 g/mol. The first-order valence-corrected chi connectivity index (χ1v) is 7.67. The number of aliphatic hydroxyl groups is 1. The van der Waals surface area contributed by atoms with E-state index in [0.717, 1.165) is 29.4 Å². The fourth-order valence-electron chi connectivity index (χ4n) is 2.55. The molecule has 2 heterocycles. The smallest absolute Gasteiger partial charge is 0.157 e. The SMILES string of the molecule is CCCC(C)(CO)NCc1cnc2c(cnn2C(C)C)c1. The summed E-state index contributed by atoms with van der Waals surface area (Å²) >= 11 is 0. The Balaban J connectivity index is 2.13. The van der Waals surface area contributed by atoms with Gasteiger partial charge < -0.3 is 10.4 Å². The van der Waals surface area contributed by atoms with Crippen molar-refractivity contribution in [2.24, 2.45) is 0 Å². The lowest BCUT2D eigenvalue weighted by Crippen LogP contribution is -2.45. The molecule has 0 aliphatic rings. The summed E-state index contributed by atoms with van der Waals surface area (Å²) in [5.74, 6) is 0. The third-order valence-corrected chi connectivity index (χ3v) is 3.85. The largest absolute Gasteiger partial charge is 0.394 e. The first kappa shape index (κ1) is 15.9. The molecule has 1 unspecified atom stereocenters. The van der Waals surface area contributed by atoms with Crippen LogP contribution in [0, 0.1) is 0 Å². The van der Waals surface area contributed by atoms with Gasteiger partial charge in [-0.2, -0.15) is 5.10 Å². The maximum Gasteiger partial charge on any atom is 0.157 e. The van der Waals surface area contributed by atoms with Gasteiger partial charge in [0.15, 0.2) is 5.65 Å². The molecule has 0 aromatic carbocycles. The van der Waals surface area contributed by atoms with Crippen molar-refractivity contribution < 1.29 is 5.11 Å². The van der Waals surface area contributed by atoms with Crippen molar-refractivity contribution in [2.45, 2.75) is 58.7 Å². The number of hydrogen-bond acceptors (Lipinski definition) is 4. The second-order valence-corrected chi connectivity index (χ2v) is 6.26. The third kappa shape index (κ3) is 3.60. The zero-order valence-corrected chi connectivity index (χ0v) is 13.4. The van der Waals surface area contributed by atoms with Gasteiger partial charge in [0.25, 0.3) is 0 Å². The molecule has 2 aromatic heterocycles. The molecule has 21 heavy (non-hydrogen) atoms. The van der Waals surface area contributed by atoms with E-state index in [1.165, 1.54) is 0 Å². The van der Waals surface area contributed by atoms with Crippen LogP contribution < -0.4 is 5.32 Å². The summed E-state index contributed by atoms with van der Waals surface area (Å²) in [6.07, 6.45) is 5.75. The van der Waals surface area contributed by atoms with E-state index in [9.17, 15) is 5.11 Å². The van der Waals surface area contributed by atoms with Crippen LogP contribution in [0.5, 0.6) is 0 Å². The lowest BCUT2D eigenvalue weighted by atomic mass is 9.97. The van der Waals surface area contributed by atoms with E-state index in [0.29, 0.717) is 12.6 Å². The molecule has 0 spiro atoms. The summed E-state index contributed by atoms with van der Waals surface area (Å²) in [7, 11) is 0. The monoisotopic (exact) mass is 290 g/mol. The van der Waals surface area contributed by atoms with Crippen LogP contribution in [-0.4, -0.2) is 32.0 Å². The van der Waals surface area contributed by atoms with Crippen molar-refractivity contribution in [3.8, 4) is 0 Å². The summed E-state index contributed by atoms with van der Waals surface area (Å²) < 4.78 is 1.93. The first-order valence-electron chi connectivity index (χ1n) is 7.67. The third-order valence-electron chi connectivity index (χ3n) is 3.85. The lowest BCUT2D eigenvalue weighted by molar-refractivity contribution is 0.163. The van der Waals surface area contributed by atoms with Crippen LogP contribution in [0.3, 0.4) is 0 Å². The molecule has 2 rings (SSSR count). The van der Waals surface area contributed by atoms with Crippen LogP contribution in [0.2, 0.25) is 0 Å². The zero-order chi connectivity index (χ0) is 15.5. The predicted octanol–water partition coefficient (Wildman–Crippen LogP) is 2.65. The standard InChI is InChI=1S/C16H26N4O/c1-5-6-16(4,11-21)18-9-13-7-14-10-19-20(12(2)3)15(14)17-8-13/h7-8,10,12,18,21H,5-6,9,11H2,1-4H3. The van der Waals surface area contributed by atoms with Gasteiger partial charge in [0, 0.05) is 29.7 Å². The maximum atomic E-state index is 9.54. The summed E-state index contributed by atoms with van der Waals surface area (Å²) in [4.78, 5) is 4.53. The van der Waals surface area contributed by atoms with E-state index >= 15 is 0 Å². The summed E-state index contributed by atoms with van der Waals surface area (Å²) in [6.45, 7) is 9.22. The van der Waals surface area contributed by atoms with Gasteiger partial charge in [0.05, 0.1) is 12.8 Å². The molecule has 0 fully saturated rings. The molecular formula is C16H26N4O. The van der Waals surface area contributed by atoms with Crippen LogP contribution in [-0.2, 0) is 6.54 Å². The normalized spacial score (nSPS) is 14.8. The molecule has 0 radical (unpaired) electrons. The van der Waals surface area contributed by atoms with Gasteiger partial charge in [-0.25, -0.2) is 9.67 Å². The molecule has 0 saturated heterocycles. The Morgan fingerprint density at radius 3 is 2.76 bits per heavy atom. The molecule has 2 aromatic rings. The van der Waals surface area contributed by atoms with Crippen molar-refractivity contribution in [3.63, 3.8) is 0 Å². The van der Waals surface area contributed by atoms with E-state index in [-0.39, 0.29) is 12.1 Å². The summed E-state index contributed by atoms with van der Waals surface area (Å²) in [6, 6.07) is 2.42. The van der Waals surface area contributed by atoms with Crippen molar-refractivity contribution in [2.75, 3.05) is 6.61 Å². The van der Waals surface area contributed by atoms with E-state index in [2.05, 4.69) is 49.2 Å². The van der Waals surface area contributed by atoms with Gasteiger partial charge >= 0.3 is 0 Å². The Morgan fingerprint density at radius 2 is 2.14 bits per heavy atom. The van der Waals surface area contributed by atoms with E-state index < -0.39 is 0 Å². The summed E-state index contributed by atoms with van der Waals surface area (Å²) in [5, 5.41) is 18.4. The number of nitrogens with one attached hydrogen (secondary N) is 1. The highest BCUT2D eigenvalue weighted by molar-refractivity contribution is 5.75. The van der Waals surface area contributed by atoms with Gasteiger partial charge in [-0.05, 0) is 38.8 Å². The molecule has 0 bridgehead atoms. The Kier molecular flexibility index (Phi) is 4.96. The van der Waals surface area contributed by atoms with Crippen LogP contribution >= 0.6 is 0 Å². The fourth-order valence-corrected chi connectivity index (χ4v) is 2.55. The second kappa shape index (κ2) is 6.54. The number of pyridine rings is 1. The number of hydrogen-bond donors (Lipinski definition) is 2. The quantitative estimate of drug-likeness (QED) is 0.823. The molecule has 116 valence electrons. The van der Waals surface area contributed by atoms with Gasteiger partial charge in [-0.3, -0.25) is 0 Å². The van der Waals surface area contributed by atoms with Gasteiger partial charge in [0.2, 0.25) is 0 Å². The topological polar surface area (TPSA) is 63.0 Å². The highest BCUT2D eigenvalue weighted by Gasteiger charge is 2.21. The van der Waals surface area contributed by atoms with Crippen LogP contribution in [0.1, 0.15) is 52.1 Å². The summed E-state index contributed by atoms with van der Waals surface area (Å²) in [5.41, 5.74) is 1.81. The molecule has 1 atom stereocenters. The Labute approximate surface area is 126 Å². The first-order chi connectivity index (χ1) is 9.99. The number of aliphatic hydroxyl groups excluding tert-OH is 1. The Hall–Kier alpha value is -1.46. The minimum absolute atomic E-state index is 0.141. The number of rotatable bonds is 7. The van der Waals surface area contributed by atoms with Crippen molar-refractivity contribution in [1.82, 2.24) is 20.1 Å². The van der Waals surface area contributed by atoms with Gasteiger partial charge in [-0.15, -0.1) is 0 Å². The minimum Gasteiger partial charge on any atom is -0.394 e. The predicted molar refractivity (Wildman–Crippen MR) is 85.2 cm³/mol.